The fourth-order valence-electron chi connectivity index (χ4n) is 2.52. The standard InChI is InChI=1S/C20H23BrN2O3/c1-3-18(14-6-10-17(26-2)11-7-14)23-19(24)12-13-22-20(25)15-4-8-16(21)9-5-15/h4-11,18H,3,12-13H2,1-2H3,(H,22,25)(H,23,24). The van der Waals surface area contributed by atoms with Crippen molar-refractivity contribution in [2.45, 2.75) is 25.8 Å². The van der Waals surface area contributed by atoms with Gasteiger partial charge in [-0.2, -0.15) is 0 Å². The summed E-state index contributed by atoms with van der Waals surface area (Å²) in [5.74, 6) is 0.502. The molecule has 1 unspecified atom stereocenters. The highest BCUT2D eigenvalue weighted by Gasteiger charge is 2.13. The van der Waals surface area contributed by atoms with E-state index in [2.05, 4.69) is 26.6 Å². The highest BCUT2D eigenvalue weighted by Crippen LogP contribution is 2.20. The number of carbonyl (C=O) groups is 2. The van der Waals surface area contributed by atoms with E-state index in [9.17, 15) is 9.59 Å². The quantitative estimate of drug-likeness (QED) is 0.683. The number of benzene rings is 2. The molecule has 0 aromatic heterocycles. The molecule has 0 aliphatic carbocycles. The third-order valence-electron chi connectivity index (χ3n) is 4.01. The van der Waals surface area contributed by atoms with Gasteiger partial charge < -0.3 is 15.4 Å². The van der Waals surface area contributed by atoms with E-state index >= 15 is 0 Å². The van der Waals surface area contributed by atoms with E-state index in [0.717, 1.165) is 22.2 Å². The number of hydrogen-bond donors (Lipinski definition) is 2. The predicted molar refractivity (Wildman–Crippen MR) is 105 cm³/mol. The third kappa shape index (κ3) is 5.88. The van der Waals surface area contributed by atoms with Gasteiger partial charge in [-0.1, -0.05) is 35.0 Å². The zero-order valence-electron chi connectivity index (χ0n) is 14.9. The maximum Gasteiger partial charge on any atom is 0.251 e. The fourth-order valence-corrected chi connectivity index (χ4v) is 2.78. The zero-order valence-corrected chi connectivity index (χ0v) is 16.5. The molecule has 6 heteroatoms. The normalized spacial score (nSPS) is 11.5. The minimum Gasteiger partial charge on any atom is -0.497 e. The van der Waals surface area contributed by atoms with Crippen LogP contribution in [0.4, 0.5) is 0 Å². The smallest absolute Gasteiger partial charge is 0.251 e. The second kappa shape index (κ2) is 9.97. The molecule has 2 N–H and O–H groups in total. The molecule has 26 heavy (non-hydrogen) atoms. The molecule has 0 aliphatic rings. The lowest BCUT2D eigenvalue weighted by Gasteiger charge is -2.18. The molecule has 5 nitrogen and oxygen atoms in total. The van der Waals surface area contributed by atoms with Crippen molar-refractivity contribution in [2.24, 2.45) is 0 Å². The van der Waals surface area contributed by atoms with Crippen LogP contribution in [0.5, 0.6) is 5.75 Å². The van der Waals surface area contributed by atoms with Crippen LogP contribution >= 0.6 is 15.9 Å². The van der Waals surface area contributed by atoms with E-state index in [1.165, 1.54) is 0 Å². The topological polar surface area (TPSA) is 67.4 Å². The summed E-state index contributed by atoms with van der Waals surface area (Å²) in [5, 5.41) is 5.77. The third-order valence-corrected chi connectivity index (χ3v) is 4.53. The van der Waals surface area contributed by atoms with Crippen molar-refractivity contribution >= 4 is 27.7 Å². The minimum absolute atomic E-state index is 0.0596. The van der Waals surface area contributed by atoms with Crippen molar-refractivity contribution in [3.05, 3.63) is 64.1 Å². The van der Waals surface area contributed by atoms with E-state index in [-0.39, 0.29) is 24.3 Å². The lowest BCUT2D eigenvalue weighted by molar-refractivity contribution is -0.121. The number of halogens is 1. The summed E-state index contributed by atoms with van der Waals surface area (Å²) in [7, 11) is 1.62. The fraction of sp³-hybridized carbons (Fsp3) is 0.300. The average Bonchev–Trinajstić information content (AvgIpc) is 2.66. The van der Waals surface area contributed by atoms with Crippen LogP contribution in [0.1, 0.15) is 41.7 Å². The molecule has 2 aromatic carbocycles. The van der Waals surface area contributed by atoms with Gasteiger partial charge in [-0.3, -0.25) is 9.59 Å². The van der Waals surface area contributed by atoms with Gasteiger partial charge in [-0.15, -0.1) is 0 Å². The van der Waals surface area contributed by atoms with Crippen molar-refractivity contribution in [2.75, 3.05) is 13.7 Å². The Kier molecular flexibility index (Phi) is 7.66. The van der Waals surface area contributed by atoms with Gasteiger partial charge in [0.25, 0.3) is 5.91 Å². The van der Waals surface area contributed by atoms with Crippen LogP contribution in [0.2, 0.25) is 0 Å². The molecule has 2 amide bonds. The van der Waals surface area contributed by atoms with Crippen LogP contribution in [0, 0.1) is 0 Å². The monoisotopic (exact) mass is 418 g/mol. The van der Waals surface area contributed by atoms with Gasteiger partial charge in [0.1, 0.15) is 5.75 Å². The molecule has 0 bridgehead atoms. The molecule has 0 saturated heterocycles. The molecule has 2 aromatic rings. The Morgan fingerprint density at radius 3 is 2.31 bits per heavy atom. The van der Waals surface area contributed by atoms with Crippen molar-refractivity contribution in [3.63, 3.8) is 0 Å². The van der Waals surface area contributed by atoms with E-state index in [1.807, 2.05) is 43.3 Å². The molecule has 138 valence electrons. The van der Waals surface area contributed by atoms with Gasteiger partial charge in [-0.05, 0) is 48.4 Å². The van der Waals surface area contributed by atoms with Gasteiger partial charge in [0.2, 0.25) is 5.91 Å². The van der Waals surface area contributed by atoms with Crippen molar-refractivity contribution in [1.29, 1.82) is 0 Å². The second-order valence-corrected chi connectivity index (χ2v) is 6.73. The van der Waals surface area contributed by atoms with Gasteiger partial charge in [0.05, 0.1) is 13.2 Å². The Morgan fingerprint density at radius 2 is 1.73 bits per heavy atom. The lowest BCUT2D eigenvalue weighted by Crippen LogP contribution is -2.32. The first-order valence-electron chi connectivity index (χ1n) is 8.50. The summed E-state index contributed by atoms with van der Waals surface area (Å²) >= 11 is 3.33. The highest BCUT2D eigenvalue weighted by atomic mass is 79.9. The summed E-state index contributed by atoms with van der Waals surface area (Å²) in [6.07, 6.45) is 1.01. The Bertz CT molecular complexity index is 730. The first-order valence-corrected chi connectivity index (χ1v) is 9.30. The number of rotatable bonds is 8. The number of nitrogens with one attached hydrogen (secondary N) is 2. The van der Waals surface area contributed by atoms with Crippen LogP contribution in [-0.4, -0.2) is 25.5 Å². The van der Waals surface area contributed by atoms with Crippen LogP contribution < -0.4 is 15.4 Å². The van der Waals surface area contributed by atoms with Gasteiger partial charge in [0, 0.05) is 23.0 Å². The van der Waals surface area contributed by atoms with Crippen LogP contribution in [0.25, 0.3) is 0 Å². The van der Waals surface area contributed by atoms with Gasteiger partial charge in [-0.25, -0.2) is 0 Å². The summed E-state index contributed by atoms with van der Waals surface area (Å²) in [6, 6.07) is 14.7. The summed E-state index contributed by atoms with van der Waals surface area (Å²) in [4.78, 5) is 24.2. The molecule has 2 rings (SSSR count). The molecule has 0 spiro atoms. The SMILES string of the molecule is CCC(NC(=O)CCNC(=O)c1ccc(Br)cc1)c1ccc(OC)cc1. The van der Waals surface area contributed by atoms with Crippen molar-refractivity contribution in [3.8, 4) is 5.75 Å². The Labute approximate surface area is 162 Å². The van der Waals surface area contributed by atoms with E-state index in [1.54, 1.807) is 19.2 Å². The number of carbonyl (C=O) groups excluding carboxylic acids is 2. The zero-order chi connectivity index (χ0) is 18.9. The maximum atomic E-state index is 12.2. The molecular weight excluding hydrogens is 396 g/mol. The first kappa shape index (κ1) is 20.0. The Morgan fingerprint density at radius 1 is 1.08 bits per heavy atom. The number of hydrogen-bond acceptors (Lipinski definition) is 3. The Balaban J connectivity index is 1.81. The largest absolute Gasteiger partial charge is 0.497 e. The van der Waals surface area contributed by atoms with Gasteiger partial charge in [0.15, 0.2) is 0 Å². The summed E-state index contributed by atoms with van der Waals surface area (Å²) in [6.45, 7) is 2.31. The Hall–Kier alpha value is -2.34. The highest BCUT2D eigenvalue weighted by molar-refractivity contribution is 9.10. The molecular formula is C20H23BrN2O3. The minimum atomic E-state index is -0.188. The molecule has 1 atom stereocenters. The maximum absolute atomic E-state index is 12.2. The van der Waals surface area contributed by atoms with E-state index in [0.29, 0.717) is 12.1 Å². The van der Waals surface area contributed by atoms with E-state index < -0.39 is 0 Å². The van der Waals surface area contributed by atoms with Crippen LogP contribution in [0.15, 0.2) is 53.0 Å². The number of amides is 2. The lowest BCUT2D eigenvalue weighted by atomic mass is 10.0. The van der Waals surface area contributed by atoms with E-state index in [4.69, 9.17) is 4.74 Å². The molecule has 0 fully saturated rings. The summed E-state index contributed by atoms with van der Waals surface area (Å²) in [5.41, 5.74) is 1.60. The second-order valence-electron chi connectivity index (χ2n) is 5.81. The average molecular weight is 419 g/mol. The summed E-state index contributed by atoms with van der Waals surface area (Å²) < 4.78 is 6.07. The number of ether oxygens (including phenoxy) is 1. The number of methoxy groups -OCH3 is 1. The predicted octanol–water partition coefficient (Wildman–Crippen LogP) is 3.85. The van der Waals surface area contributed by atoms with Gasteiger partial charge >= 0.3 is 0 Å². The molecule has 0 radical (unpaired) electrons. The molecule has 0 saturated carbocycles. The van der Waals surface area contributed by atoms with Crippen molar-refractivity contribution in [1.82, 2.24) is 10.6 Å². The van der Waals surface area contributed by atoms with Crippen LogP contribution in [-0.2, 0) is 4.79 Å². The van der Waals surface area contributed by atoms with Crippen LogP contribution in [0.3, 0.4) is 0 Å². The first-order chi connectivity index (χ1) is 12.5. The molecule has 0 aliphatic heterocycles. The van der Waals surface area contributed by atoms with Crippen molar-refractivity contribution < 1.29 is 14.3 Å². The molecule has 0 heterocycles.